The molecule has 2 heterocycles. The number of halogens is 2. The van der Waals surface area contributed by atoms with E-state index in [-0.39, 0.29) is 33.2 Å². The van der Waals surface area contributed by atoms with Gasteiger partial charge in [-0.15, -0.1) is 0 Å². The summed E-state index contributed by atoms with van der Waals surface area (Å²) in [5.41, 5.74) is 5.87. The van der Waals surface area contributed by atoms with E-state index >= 15 is 0 Å². The van der Waals surface area contributed by atoms with Crippen LogP contribution in [-0.2, 0) is 11.3 Å². The summed E-state index contributed by atoms with van der Waals surface area (Å²) in [7, 11) is 1.59. The molecule has 0 saturated heterocycles. The molecular weight excluding hydrogens is 429 g/mol. The van der Waals surface area contributed by atoms with Gasteiger partial charge in [0.2, 0.25) is 0 Å². The molecule has 0 fully saturated rings. The molecule has 30 heavy (non-hydrogen) atoms. The van der Waals surface area contributed by atoms with Crippen molar-refractivity contribution in [3.8, 4) is 6.07 Å². The Morgan fingerprint density at radius 3 is 2.77 bits per heavy atom. The lowest BCUT2D eigenvalue weighted by Gasteiger charge is -2.21. The number of benzene rings is 1. The fourth-order valence-corrected chi connectivity index (χ4v) is 3.50. The van der Waals surface area contributed by atoms with Crippen molar-refractivity contribution in [2.24, 2.45) is 0 Å². The highest BCUT2D eigenvalue weighted by Crippen LogP contribution is 2.28. The molecule has 11 heteroatoms. The number of aromatic nitrogens is 4. The average molecular weight is 448 g/mol. The van der Waals surface area contributed by atoms with E-state index in [0.29, 0.717) is 35.9 Å². The first kappa shape index (κ1) is 21.8. The molecule has 0 aliphatic carbocycles. The lowest BCUT2D eigenvalue weighted by molar-refractivity contribution is 0.189. The second kappa shape index (κ2) is 9.26. The van der Waals surface area contributed by atoms with Crippen LogP contribution in [0.5, 0.6) is 0 Å². The van der Waals surface area contributed by atoms with Gasteiger partial charge < -0.3 is 15.8 Å². The second-order valence-electron chi connectivity index (χ2n) is 6.49. The van der Waals surface area contributed by atoms with Gasteiger partial charge in [-0.05, 0) is 25.5 Å². The van der Waals surface area contributed by atoms with E-state index in [2.05, 4.69) is 20.3 Å². The van der Waals surface area contributed by atoms with Crippen molar-refractivity contribution in [3.63, 3.8) is 0 Å². The van der Waals surface area contributed by atoms with Crippen LogP contribution in [0.4, 0.5) is 11.6 Å². The first-order chi connectivity index (χ1) is 14.4. The van der Waals surface area contributed by atoms with Gasteiger partial charge in [-0.2, -0.15) is 5.26 Å². The molecule has 0 saturated carbocycles. The highest BCUT2D eigenvalue weighted by molar-refractivity contribution is 6.39. The Morgan fingerprint density at radius 1 is 1.33 bits per heavy atom. The first-order valence-electron chi connectivity index (χ1n) is 9.03. The van der Waals surface area contributed by atoms with Gasteiger partial charge in [-0.25, -0.2) is 15.0 Å². The predicted octanol–water partition coefficient (Wildman–Crippen LogP) is 3.16. The van der Waals surface area contributed by atoms with Crippen LogP contribution >= 0.6 is 23.2 Å². The third kappa shape index (κ3) is 4.16. The van der Waals surface area contributed by atoms with Crippen LogP contribution < -0.4 is 16.6 Å². The molecule has 9 nitrogen and oxygen atoms in total. The van der Waals surface area contributed by atoms with Crippen molar-refractivity contribution >= 4 is 45.7 Å². The van der Waals surface area contributed by atoms with Crippen molar-refractivity contribution in [2.45, 2.75) is 25.9 Å². The summed E-state index contributed by atoms with van der Waals surface area (Å²) < 4.78 is 6.63. The predicted molar refractivity (Wildman–Crippen MR) is 116 cm³/mol. The minimum absolute atomic E-state index is 0.0565. The number of rotatable bonds is 7. The first-order valence-corrected chi connectivity index (χ1v) is 9.79. The molecule has 3 N–H and O–H groups in total. The Labute approximate surface area is 182 Å². The average Bonchev–Trinajstić information content (AvgIpc) is 2.72. The number of nitrogen functional groups attached to an aromatic ring is 1. The third-order valence-corrected chi connectivity index (χ3v) is 5.12. The largest absolute Gasteiger partial charge is 0.385 e. The summed E-state index contributed by atoms with van der Waals surface area (Å²) in [6.45, 7) is 2.62. The smallest absolute Gasteiger partial charge is 0.263 e. The monoisotopic (exact) mass is 447 g/mol. The van der Waals surface area contributed by atoms with Crippen molar-refractivity contribution in [1.82, 2.24) is 19.5 Å². The van der Waals surface area contributed by atoms with E-state index in [4.69, 9.17) is 33.7 Å². The molecule has 0 spiro atoms. The highest BCUT2D eigenvalue weighted by atomic mass is 35.5. The minimum atomic E-state index is -0.513. The molecule has 0 unspecified atom stereocenters. The summed E-state index contributed by atoms with van der Waals surface area (Å²) in [5.74, 6) is 0.710. The zero-order valence-corrected chi connectivity index (χ0v) is 17.8. The molecule has 1 aromatic carbocycles. The molecular formula is C19H19Cl2N7O2. The fourth-order valence-electron chi connectivity index (χ4n) is 3.07. The minimum Gasteiger partial charge on any atom is -0.385 e. The summed E-state index contributed by atoms with van der Waals surface area (Å²) in [4.78, 5) is 25.8. The Balaban J connectivity index is 2.14. The fraction of sp³-hybridized carbons (Fsp3) is 0.316. The number of hydrogen-bond donors (Lipinski definition) is 2. The maximum absolute atomic E-state index is 13.3. The zero-order valence-electron chi connectivity index (χ0n) is 16.3. The van der Waals surface area contributed by atoms with Crippen molar-refractivity contribution in [2.75, 3.05) is 24.8 Å². The lowest BCUT2D eigenvalue weighted by atomic mass is 10.2. The number of anilines is 2. The summed E-state index contributed by atoms with van der Waals surface area (Å²) in [6, 6.07) is 4.63. The number of ether oxygens (including phenoxy) is 1. The van der Waals surface area contributed by atoms with Crippen molar-refractivity contribution < 1.29 is 4.74 Å². The van der Waals surface area contributed by atoms with Crippen LogP contribution in [0.1, 0.15) is 30.8 Å². The number of methoxy groups -OCH3 is 1. The second-order valence-corrected chi connectivity index (χ2v) is 7.30. The quantitative estimate of drug-likeness (QED) is 0.527. The van der Waals surface area contributed by atoms with Crippen LogP contribution in [0.3, 0.4) is 0 Å². The van der Waals surface area contributed by atoms with Gasteiger partial charge in [0.25, 0.3) is 5.56 Å². The molecule has 3 rings (SSSR count). The van der Waals surface area contributed by atoms with Crippen LogP contribution in [0, 0.1) is 11.3 Å². The normalized spacial score (nSPS) is 12.0. The number of nitrogens with one attached hydrogen (secondary N) is 1. The third-order valence-electron chi connectivity index (χ3n) is 4.50. The van der Waals surface area contributed by atoms with E-state index in [1.54, 1.807) is 26.2 Å². The van der Waals surface area contributed by atoms with Gasteiger partial charge in [0.05, 0.1) is 27.0 Å². The van der Waals surface area contributed by atoms with Gasteiger partial charge in [-0.1, -0.05) is 23.2 Å². The maximum Gasteiger partial charge on any atom is 0.263 e. The zero-order chi connectivity index (χ0) is 21.8. The summed E-state index contributed by atoms with van der Waals surface area (Å²) >= 11 is 12.6. The Morgan fingerprint density at radius 2 is 2.07 bits per heavy atom. The molecule has 0 amide bonds. The van der Waals surface area contributed by atoms with E-state index in [1.165, 1.54) is 10.9 Å². The molecule has 1 atom stereocenters. The molecule has 0 aliphatic heterocycles. The number of fused-ring (bicyclic) bond motifs is 1. The Hall–Kier alpha value is -2.93. The van der Waals surface area contributed by atoms with Crippen molar-refractivity contribution in [1.29, 1.82) is 5.26 Å². The highest BCUT2D eigenvalue weighted by Gasteiger charge is 2.21. The molecule has 0 aliphatic rings. The van der Waals surface area contributed by atoms with Crippen molar-refractivity contribution in [3.05, 3.63) is 50.2 Å². The maximum atomic E-state index is 13.3. The molecule has 156 valence electrons. The number of nitriles is 1. The Bertz CT molecular complexity index is 1190. The van der Waals surface area contributed by atoms with E-state index < -0.39 is 6.04 Å². The van der Waals surface area contributed by atoms with Gasteiger partial charge in [0.15, 0.2) is 0 Å². The molecule has 0 radical (unpaired) electrons. The summed E-state index contributed by atoms with van der Waals surface area (Å²) in [6.07, 6.45) is 1.84. The number of hydrogen-bond acceptors (Lipinski definition) is 8. The number of nitrogens with zero attached hydrogens (tertiary/aromatic N) is 5. The number of nitrogens with two attached hydrogens (primary N) is 1. The van der Waals surface area contributed by atoms with Crippen LogP contribution in [0.25, 0.3) is 10.9 Å². The standard InChI is InChI=1S/C19H19Cl2N7O2/c1-10(26-17-11(8-22)16(23)24-9-25-17)18-27-15-13(21)5-4-12(20)14(15)19(29)28(18)6-3-7-30-2/h4-5,9-10H,3,6-7H2,1-2H3,(H3,23,24,25,26)/t10-/m0/s1. The van der Waals surface area contributed by atoms with Crippen LogP contribution in [-0.4, -0.2) is 33.2 Å². The van der Waals surface area contributed by atoms with E-state index in [0.717, 1.165) is 0 Å². The molecule has 3 aromatic rings. The lowest BCUT2D eigenvalue weighted by Crippen LogP contribution is -2.29. The SMILES string of the molecule is COCCCn1c([C@H](C)Nc2ncnc(N)c2C#N)nc2c(Cl)ccc(Cl)c2c1=O. The van der Waals surface area contributed by atoms with Crippen LogP contribution in [0.2, 0.25) is 10.0 Å². The molecule has 0 bridgehead atoms. The summed E-state index contributed by atoms with van der Waals surface area (Å²) in [5, 5.41) is 13.3. The van der Waals surface area contributed by atoms with E-state index in [9.17, 15) is 10.1 Å². The van der Waals surface area contributed by atoms with Crippen LogP contribution in [0.15, 0.2) is 23.3 Å². The van der Waals surface area contributed by atoms with Gasteiger partial charge >= 0.3 is 0 Å². The van der Waals surface area contributed by atoms with Gasteiger partial charge in [0.1, 0.15) is 35.4 Å². The Kier molecular flexibility index (Phi) is 6.72. The van der Waals surface area contributed by atoms with Gasteiger partial charge in [0, 0.05) is 20.3 Å². The van der Waals surface area contributed by atoms with E-state index in [1.807, 2.05) is 6.07 Å². The molecule has 2 aromatic heterocycles. The van der Waals surface area contributed by atoms with Gasteiger partial charge in [-0.3, -0.25) is 9.36 Å². The topological polar surface area (TPSA) is 132 Å².